The van der Waals surface area contributed by atoms with Crippen LogP contribution in [0.4, 0.5) is 13.2 Å². The Kier molecular flexibility index (Phi) is 6.17. The molecule has 1 atom stereocenters. The molecule has 1 aromatic carbocycles. The molecule has 0 radical (unpaired) electrons. The lowest BCUT2D eigenvalue weighted by Gasteiger charge is -2.32. The Morgan fingerprint density at radius 2 is 1.96 bits per heavy atom. The molecule has 1 saturated heterocycles. The lowest BCUT2D eigenvalue weighted by molar-refractivity contribution is -0.137. The minimum atomic E-state index is -4.42. The van der Waals surface area contributed by atoms with Gasteiger partial charge in [-0.15, -0.1) is 11.3 Å². The summed E-state index contributed by atoms with van der Waals surface area (Å²) in [6.45, 7) is 2.84. The highest BCUT2D eigenvalue weighted by Gasteiger charge is 2.32. The van der Waals surface area contributed by atoms with E-state index in [1.807, 2.05) is 6.92 Å². The SMILES string of the molecule is Cc1ncsc1CCC(=O)N1CCC[C@@H](C(=O)c2ccc(C(F)(F)F)cc2)C1. The van der Waals surface area contributed by atoms with Gasteiger partial charge < -0.3 is 4.90 Å². The van der Waals surface area contributed by atoms with E-state index in [1.54, 1.807) is 10.4 Å². The number of ketones is 1. The Morgan fingerprint density at radius 3 is 2.57 bits per heavy atom. The maximum Gasteiger partial charge on any atom is 0.416 e. The molecule has 2 aromatic rings. The van der Waals surface area contributed by atoms with Crippen molar-refractivity contribution in [2.75, 3.05) is 13.1 Å². The number of alkyl halides is 3. The Bertz CT molecular complexity index is 846. The maximum atomic E-state index is 12.7. The van der Waals surface area contributed by atoms with Gasteiger partial charge in [-0.25, -0.2) is 4.98 Å². The standard InChI is InChI=1S/C20H21F3N2O2S/c1-13-17(28-12-24-13)8-9-18(26)25-10-2-3-15(11-25)19(27)14-4-6-16(7-5-14)20(21,22)23/h4-7,12,15H,2-3,8-11H2,1H3/t15-/m1/s1. The smallest absolute Gasteiger partial charge is 0.342 e. The molecular formula is C20H21F3N2O2S. The minimum absolute atomic E-state index is 0.00211. The van der Waals surface area contributed by atoms with Crippen LogP contribution in [-0.4, -0.2) is 34.7 Å². The van der Waals surface area contributed by atoms with Gasteiger partial charge in [0.2, 0.25) is 5.91 Å². The van der Waals surface area contributed by atoms with Crippen molar-refractivity contribution in [3.63, 3.8) is 0 Å². The quantitative estimate of drug-likeness (QED) is 0.681. The first-order valence-corrected chi connectivity index (χ1v) is 10.0. The highest BCUT2D eigenvalue weighted by molar-refractivity contribution is 7.09. The topological polar surface area (TPSA) is 50.3 Å². The molecule has 28 heavy (non-hydrogen) atoms. The van der Waals surface area contributed by atoms with Crippen molar-refractivity contribution in [2.24, 2.45) is 5.92 Å². The maximum absolute atomic E-state index is 12.7. The Morgan fingerprint density at radius 1 is 1.25 bits per heavy atom. The monoisotopic (exact) mass is 410 g/mol. The third-order valence-electron chi connectivity index (χ3n) is 5.05. The van der Waals surface area contributed by atoms with E-state index in [1.165, 1.54) is 23.5 Å². The molecule has 150 valence electrons. The predicted octanol–water partition coefficient (Wildman–Crippen LogP) is 4.52. The number of hydrogen-bond donors (Lipinski definition) is 0. The van der Waals surface area contributed by atoms with Gasteiger partial charge >= 0.3 is 6.18 Å². The van der Waals surface area contributed by atoms with Crippen LogP contribution >= 0.6 is 11.3 Å². The summed E-state index contributed by atoms with van der Waals surface area (Å²) in [5.41, 5.74) is 2.18. The summed E-state index contributed by atoms with van der Waals surface area (Å²) in [6.07, 6.45) is -2.08. The summed E-state index contributed by atoms with van der Waals surface area (Å²) in [5, 5.41) is 0. The fourth-order valence-electron chi connectivity index (χ4n) is 3.42. The Labute approximate surface area is 165 Å². The van der Waals surface area contributed by atoms with Gasteiger partial charge in [0, 0.05) is 35.9 Å². The highest BCUT2D eigenvalue weighted by Crippen LogP contribution is 2.30. The number of hydrogen-bond acceptors (Lipinski definition) is 4. The van der Waals surface area contributed by atoms with Gasteiger partial charge in [-0.3, -0.25) is 9.59 Å². The van der Waals surface area contributed by atoms with Crippen molar-refractivity contribution >= 4 is 23.0 Å². The zero-order chi connectivity index (χ0) is 20.3. The number of nitrogens with zero attached hydrogens (tertiary/aromatic N) is 2. The molecule has 4 nitrogen and oxygen atoms in total. The normalized spacial score (nSPS) is 17.6. The van der Waals surface area contributed by atoms with Gasteiger partial charge in [0.25, 0.3) is 0 Å². The van der Waals surface area contributed by atoms with Crippen molar-refractivity contribution in [3.05, 3.63) is 51.5 Å². The van der Waals surface area contributed by atoms with Crippen LogP contribution in [0.2, 0.25) is 0 Å². The van der Waals surface area contributed by atoms with Crippen LogP contribution in [0.25, 0.3) is 0 Å². The van der Waals surface area contributed by atoms with Gasteiger partial charge in [-0.2, -0.15) is 13.2 Å². The number of piperidine rings is 1. The number of thiazole rings is 1. The average molecular weight is 410 g/mol. The molecule has 0 saturated carbocycles. The molecule has 0 spiro atoms. The van der Waals surface area contributed by atoms with E-state index in [9.17, 15) is 22.8 Å². The van der Waals surface area contributed by atoms with Gasteiger partial charge in [0.15, 0.2) is 5.78 Å². The van der Waals surface area contributed by atoms with E-state index in [0.717, 1.165) is 22.7 Å². The first-order chi connectivity index (χ1) is 13.3. The van der Waals surface area contributed by atoms with Gasteiger partial charge in [-0.1, -0.05) is 12.1 Å². The molecule has 1 aliphatic heterocycles. The van der Waals surface area contributed by atoms with E-state index < -0.39 is 11.7 Å². The molecule has 3 rings (SSSR count). The summed E-state index contributed by atoms with van der Waals surface area (Å²) in [6, 6.07) is 4.30. The third-order valence-corrected chi connectivity index (χ3v) is 6.05. The molecule has 1 aliphatic rings. The molecule has 0 unspecified atom stereocenters. The molecule has 0 bridgehead atoms. The Balaban J connectivity index is 1.60. The number of carbonyl (C=O) groups excluding carboxylic acids is 2. The second kappa shape index (κ2) is 8.43. The van der Waals surface area contributed by atoms with Crippen LogP contribution in [0, 0.1) is 12.8 Å². The number of rotatable bonds is 5. The van der Waals surface area contributed by atoms with Crippen LogP contribution < -0.4 is 0 Å². The Hall–Kier alpha value is -2.22. The molecule has 0 N–H and O–H groups in total. The summed E-state index contributed by atoms with van der Waals surface area (Å²) >= 11 is 1.53. The molecule has 1 amide bonds. The first-order valence-electron chi connectivity index (χ1n) is 9.14. The first kappa shape index (κ1) is 20.5. The second-order valence-electron chi connectivity index (χ2n) is 6.98. The number of benzene rings is 1. The molecule has 0 aliphatic carbocycles. The average Bonchev–Trinajstić information content (AvgIpc) is 3.10. The predicted molar refractivity (Wildman–Crippen MR) is 100 cm³/mol. The van der Waals surface area contributed by atoms with Crippen LogP contribution in [0.3, 0.4) is 0 Å². The van der Waals surface area contributed by atoms with E-state index in [0.29, 0.717) is 38.8 Å². The molecular weight excluding hydrogens is 389 g/mol. The largest absolute Gasteiger partial charge is 0.416 e. The van der Waals surface area contributed by atoms with E-state index in [-0.39, 0.29) is 23.2 Å². The number of amides is 1. The number of aromatic nitrogens is 1. The summed E-state index contributed by atoms with van der Waals surface area (Å²) in [7, 11) is 0. The number of carbonyl (C=O) groups is 2. The van der Waals surface area contributed by atoms with Gasteiger partial charge in [0.05, 0.1) is 16.8 Å². The number of Topliss-reactive ketones (excluding diaryl/α,β-unsaturated/α-hetero) is 1. The minimum Gasteiger partial charge on any atom is -0.342 e. The van der Waals surface area contributed by atoms with Gasteiger partial charge in [0.1, 0.15) is 0 Å². The van der Waals surface area contributed by atoms with Crippen molar-refractivity contribution in [2.45, 2.75) is 38.8 Å². The van der Waals surface area contributed by atoms with Crippen LogP contribution in [0.15, 0.2) is 29.8 Å². The van der Waals surface area contributed by atoms with Crippen molar-refractivity contribution in [1.29, 1.82) is 0 Å². The lowest BCUT2D eigenvalue weighted by atomic mass is 9.89. The van der Waals surface area contributed by atoms with Crippen LogP contribution in [0.1, 0.15) is 45.8 Å². The van der Waals surface area contributed by atoms with E-state index in [2.05, 4.69) is 4.98 Å². The second-order valence-corrected chi connectivity index (χ2v) is 7.92. The van der Waals surface area contributed by atoms with E-state index >= 15 is 0 Å². The number of aryl methyl sites for hydroxylation is 2. The summed E-state index contributed by atoms with van der Waals surface area (Å²) in [4.78, 5) is 32.2. The lowest BCUT2D eigenvalue weighted by Crippen LogP contribution is -2.42. The van der Waals surface area contributed by atoms with E-state index in [4.69, 9.17) is 0 Å². The number of likely N-dealkylation sites (tertiary alicyclic amines) is 1. The number of halogens is 3. The molecule has 2 heterocycles. The zero-order valence-corrected chi connectivity index (χ0v) is 16.3. The zero-order valence-electron chi connectivity index (χ0n) is 15.5. The van der Waals surface area contributed by atoms with Crippen molar-refractivity contribution in [3.8, 4) is 0 Å². The summed E-state index contributed by atoms with van der Waals surface area (Å²) < 4.78 is 38.0. The fraction of sp³-hybridized carbons (Fsp3) is 0.450. The van der Waals surface area contributed by atoms with Crippen LogP contribution in [-0.2, 0) is 17.4 Å². The van der Waals surface area contributed by atoms with Crippen LogP contribution in [0.5, 0.6) is 0 Å². The van der Waals surface area contributed by atoms with Gasteiger partial charge in [-0.05, 0) is 38.3 Å². The fourth-order valence-corrected chi connectivity index (χ4v) is 4.20. The van der Waals surface area contributed by atoms with Crippen molar-refractivity contribution < 1.29 is 22.8 Å². The summed E-state index contributed by atoms with van der Waals surface area (Å²) in [5.74, 6) is -0.582. The molecule has 1 aromatic heterocycles. The van der Waals surface area contributed by atoms with Crippen molar-refractivity contribution in [1.82, 2.24) is 9.88 Å². The molecule has 8 heteroatoms. The molecule has 1 fully saturated rings. The highest BCUT2D eigenvalue weighted by atomic mass is 32.1. The third kappa shape index (κ3) is 4.79.